The van der Waals surface area contributed by atoms with Crippen molar-refractivity contribution in [2.45, 2.75) is 264 Å². The van der Waals surface area contributed by atoms with Crippen molar-refractivity contribution in [3.8, 4) is 0 Å². The van der Waals surface area contributed by atoms with Crippen LogP contribution in [0.25, 0.3) is 0 Å². The minimum Gasteiger partial charge on any atom is -0.462 e. The summed E-state index contributed by atoms with van der Waals surface area (Å²) < 4.78 is 33.1. The molecule has 0 aromatic heterocycles. The van der Waals surface area contributed by atoms with Crippen LogP contribution in [0.15, 0.2) is 109 Å². The van der Waals surface area contributed by atoms with E-state index >= 15 is 0 Å². The monoisotopic (exact) mass is 1070 g/mol. The highest BCUT2D eigenvalue weighted by atomic mass is 31.2. The smallest absolute Gasteiger partial charge is 0.462 e. The van der Waals surface area contributed by atoms with Gasteiger partial charge in [-0.3, -0.25) is 18.6 Å². The Morgan fingerprint density at radius 1 is 0.413 bits per heavy atom. The zero-order chi connectivity index (χ0) is 54.5. The molecule has 0 fully saturated rings. The van der Waals surface area contributed by atoms with Crippen LogP contribution >= 0.6 is 7.82 Å². The Hall–Kier alpha value is -3.33. The van der Waals surface area contributed by atoms with E-state index in [-0.39, 0.29) is 32.6 Å². The maximum Gasteiger partial charge on any atom is 0.472 e. The number of rotatable bonds is 56. The largest absolute Gasteiger partial charge is 0.472 e. The van der Waals surface area contributed by atoms with E-state index in [4.69, 9.17) is 24.3 Å². The quantitative estimate of drug-likeness (QED) is 0.0264. The Labute approximate surface area is 460 Å². The second-order valence-electron chi connectivity index (χ2n) is 19.8. The van der Waals surface area contributed by atoms with Gasteiger partial charge in [-0.15, -0.1) is 0 Å². The standard InChI is InChI=1S/C65H112NO8P/c1-3-5-7-9-11-13-15-17-19-21-23-25-26-27-28-29-30-31-32-33-34-35-36-38-40-42-44-46-48-50-52-54-56-58-65(68)74-63(62-73-75(69,70)72-60-59-66)61-71-64(67)57-55-53-51-49-47-45-43-41-39-37-24-22-20-18-16-14-12-10-8-6-4-2/h5,7,11,13,16-19,22-25,27-28,30-31,39,41,63H,3-4,6,8-10,12,14-15,20-21,26,29,32-38,40,42-62,66H2,1-2H3,(H,69,70)/b7-5-,13-11-,18-16-,19-17-,24-22-,25-23-,28-27-,31-30-,41-39-. The van der Waals surface area contributed by atoms with E-state index in [1.54, 1.807) is 0 Å². The molecule has 0 amide bonds. The Bertz CT molecular complexity index is 1590. The van der Waals surface area contributed by atoms with Crippen molar-refractivity contribution in [2.24, 2.45) is 5.73 Å². The fraction of sp³-hybridized carbons (Fsp3) is 0.692. The van der Waals surface area contributed by atoms with Crippen molar-refractivity contribution in [1.82, 2.24) is 0 Å². The van der Waals surface area contributed by atoms with Crippen LogP contribution in [0.2, 0.25) is 0 Å². The Morgan fingerprint density at radius 3 is 1.09 bits per heavy atom. The highest BCUT2D eigenvalue weighted by Crippen LogP contribution is 2.43. The maximum atomic E-state index is 12.7. The first-order valence-electron chi connectivity index (χ1n) is 30.4. The molecular formula is C65H112NO8P. The van der Waals surface area contributed by atoms with Crippen molar-refractivity contribution in [3.63, 3.8) is 0 Å². The molecule has 0 aliphatic rings. The molecule has 10 heteroatoms. The van der Waals surface area contributed by atoms with Gasteiger partial charge in [0.15, 0.2) is 6.10 Å². The molecule has 0 aliphatic heterocycles. The predicted molar refractivity (Wildman–Crippen MR) is 321 cm³/mol. The van der Waals surface area contributed by atoms with E-state index in [2.05, 4.69) is 123 Å². The number of ether oxygens (including phenoxy) is 2. The van der Waals surface area contributed by atoms with Gasteiger partial charge in [0.25, 0.3) is 0 Å². The number of hydrogen-bond acceptors (Lipinski definition) is 8. The highest BCUT2D eigenvalue weighted by molar-refractivity contribution is 7.47. The molecule has 3 N–H and O–H groups in total. The van der Waals surface area contributed by atoms with E-state index < -0.39 is 32.5 Å². The van der Waals surface area contributed by atoms with Crippen molar-refractivity contribution in [3.05, 3.63) is 109 Å². The van der Waals surface area contributed by atoms with Crippen LogP contribution in [0.5, 0.6) is 0 Å². The molecule has 0 spiro atoms. The first-order chi connectivity index (χ1) is 36.8. The summed E-state index contributed by atoms with van der Waals surface area (Å²) in [6.07, 6.45) is 81.4. The third kappa shape index (κ3) is 59.8. The van der Waals surface area contributed by atoms with Gasteiger partial charge in [-0.1, -0.05) is 252 Å². The van der Waals surface area contributed by atoms with E-state index in [1.807, 2.05) is 0 Å². The number of carbonyl (C=O) groups excluding carboxylic acids is 2. The highest BCUT2D eigenvalue weighted by Gasteiger charge is 2.26. The predicted octanol–water partition coefficient (Wildman–Crippen LogP) is 19.4. The molecule has 2 atom stereocenters. The minimum atomic E-state index is -4.40. The van der Waals surface area contributed by atoms with Crippen LogP contribution in [0.3, 0.4) is 0 Å². The number of carbonyl (C=O) groups is 2. The summed E-state index contributed by atoms with van der Waals surface area (Å²) >= 11 is 0. The Kier molecular flexibility index (Phi) is 57.2. The first-order valence-corrected chi connectivity index (χ1v) is 31.9. The summed E-state index contributed by atoms with van der Waals surface area (Å²) in [7, 11) is -4.40. The number of allylic oxidation sites excluding steroid dienone is 18. The van der Waals surface area contributed by atoms with Crippen LogP contribution in [0.4, 0.5) is 0 Å². The molecule has 0 saturated carbocycles. The maximum absolute atomic E-state index is 12.7. The topological polar surface area (TPSA) is 134 Å². The minimum absolute atomic E-state index is 0.0470. The average molecular weight is 1070 g/mol. The van der Waals surface area contributed by atoms with Crippen LogP contribution < -0.4 is 5.73 Å². The molecule has 0 heterocycles. The number of unbranched alkanes of at least 4 members (excludes halogenated alkanes) is 25. The van der Waals surface area contributed by atoms with Crippen molar-refractivity contribution in [2.75, 3.05) is 26.4 Å². The van der Waals surface area contributed by atoms with Crippen LogP contribution in [0.1, 0.15) is 258 Å². The van der Waals surface area contributed by atoms with Gasteiger partial charge in [-0.25, -0.2) is 4.57 Å². The molecule has 430 valence electrons. The van der Waals surface area contributed by atoms with Crippen LogP contribution in [-0.4, -0.2) is 49.3 Å². The summed E-state index contributed by atoms with van der Waals surface area (Å²) in [5.74, 6) is -0.843. The molecular weight excluding hydrogens is 954 g/mol. The lowest BCUT2D eigenvalue weighted by atomic mass is 10.0. The summed E-state index contributed by atoms with van der Waals surface area (Å²) in [6.45, 7) is 3.61. The van der Waals surface area contributed by atoms with Crippen LogP contribution in [-0.2, 0) is 32.7 Å². The third-order valence-electron chi connectivity index (χ3n) is 12.6. The molecule has 9 nitrogen and oxygen atoms in total. The lowest BCUT2D eigenvalue weighted by molar-refractivity contribution is -0.161. The van der Waals surface area contributed by atoms with E-state index in [9.17, 15) is 19.0 Å². The summed E-state index contributed by atoms with van der Waals surface area (Å²) in [5.41, 5.74) is 5.38. The number of phosphoric ester groups is 1. The summed E-state index contributed by atoms with van der Waals surface area (Å²) in [6, 6.07) is 0. The van der Waals surface area contributed by atoms with E-state index in [0.717, 1.165) is 96.3 Å². The fourth-order valence-corrected chi connectivity index (χ4v) is 8.94. The number of hydrogen-bond donors (Lipinski definition) is 2. The lowest BCUT2D eigenvalue weighted by Gasteiger charge is -2.19. The third-order valence-corrected chi connectivity index (χ3v) is 13.6. The molecule has 75 heavy (non-hydrogen) atoms. The van der Waals surface area contributed by atoms with Crippen molar-refractivity contribution >= 4 is 19.8 Å². The van der Waals surface area contributed by atoms with Gasteiger partial charge in [-0.2, -0.15) is 0 Å². The molecule has 0 rings (SSSR count). The second-order valence-corrected chi connectivity index (χ2v) is 21.3. The molecule has 0 radical (unpaired) electrons. The number of nitrogens with two attached hydrogens (primary N) is 1. The molecule has 0 bridgehead atoms. The molecule has 0 aliphatic carbocycles. The zero-order valence-corrected chi connectivity index (χ0v) is 48.9. The first kappa shape index (κ1) is 71.7. The number of phosphoric acid groups is 1. The van der Waals surface area contributed by atoms with Crippen LogP contribution in [0, 0.1) is 0 Å². The van der Waals surface area contributed by atoms with Gasteiger partial charge >= 0.3 is 19.8 Å². The van der Waals surface area contributed by atoms with Gasteiger partial charge in [0.1, 0.15) is 6.61 Å². The Balaban J connectivity index is 3.97. The fourth-order valence-electron chi connectivity index (χ4n) is 8.18. The molecule has 0 aromatic rings. The number of esters is 2. The van der Waals surface area contributed by atoms with Gasteiger partial charge in [0.05, 0.1) is 13.2 Å². The van der Waals surface area contributed by atoms with Crippen molar-refractivity contribution < 1.29 is 37.6 Å². The van der Waals surface area contributed by atoms with Gasteiger partial charge in [0.2, 0.25) is 0 Å². The zero-order valence-electron chi connectivity index (χ0n) is 48.0. The molecule has 0 saturated heterocycles. The van der Waals surface area contributed by atoms with E-state index in [1.165, 1.54) is 122 Å². The summed E-state index contributed by atoms with van der Waals surface area (Å²) in [4.78, 5) is 35.2. The normalized spacial score (nSPS) is 13.8. The van der Waals surface area contributed by atoms with Gasteiger partial charge < -0.3 is 20.1 Å². The SMILES string of the molecule is CC/C=C\C/C=C\C/C=C\C/C=C\C/C=C\C/C=C\CCCCCCCCCCCCCCCCC(=O)OC(COC(=O)CCCCCCCC/C=C\C/C=C\C/C=C\CCCCCCC)COP(=O)(O)OCCN. The van der Waals surface area contributed by atoms with Crippen molar-refractivity contribution in [1.29, 1.82) is 0 Å². The average Bonchev–Trinajstić information content (AvgIpc) is 3.40. The van der Waals surface area contributed by atoms with E-state index in [0.29, 0.717) is 12.8 Å². The van der Waals surface area contributed by atoms with Gasteiger partial charge in [-0.05, 0) is 103 Å². The van der Waals surface area contributed by atoms with Gasteiger partial charge in [0, 0.05) is 19.4 Å². The lowest BCUT2D eigenvalue weighted by Crippen LogP contribution is -2.29. The summed E-state index contributed by atoms with van der Waals surface area (Å²) in [5, 5.41) is 0. The Morgan fingerprint density at radius 2 is 0.733 bits per heavy atom. The molecule has 0 aromatic carbocycles. The second kappa shape index (κ2) is 59.9. The molecule has 2 unspecified atom stereocenters.